The topological polar surface area (TPSA) is 86.7 Å². The van der Waals surface area contributed by atoms with E-state index in [9.17, 15) is 14.4 Å². The minimum absolute atomic E-state index is 0.0748. The van der Waals surface area contributed by atoms with E-state index in [1.54, 1.807) is 24.3 Å². The number of carbonyl (C=O) groups excluding carboxylic acids is 2. The van der Waals surface area contributed by atoms with E-state index in [0.29, 0.717) is 42.9 Å². The molecule has 26 heavy (non-hydrogen) atoms. The van der Waals surface area contributed by atoms with Gasteiger partial charge in [-0.25, -0.2) is 0 Å². The van der Waals surface area contributed by atoms with Gasteiger partial charge in [-0.1, -0.05) is 11.6 Å². The van der Waals surface area contributed by atoms with E-state index in [1.165, 1.54) is 0 Å². The molecule has 0 aliphatic carbocycles. The molecule has 0 bridgehead atoms. The van der Waals surface area contributed by atoms with Crippen LogP contribution in [0.15, 0.2) is 24.3 Å². The molecule has 0 saturated carbocycles. The predicted octanol–water partition coefficient (Wildman–Crippen LogP) is 2.95. The van der Waals surface area contributed by atoms with Crippen LogP contribution in [0.3, 0.4) is 0 Å². The number of carboxylic acids is 1. The molecule has 2 rings (SSSR count). The molecule has 1 aromatic carbocycles. The molecule has 1 aliphatic rings. The first kappa shape index (κ1) is 20.2. The number of nitrogens with zero attached hydrogens (tertiary/aromatic N) is 1. The summed E-state index contributed by atoms with van der Waals surface area (Å²) in [6.45, 7) is 1.81. The van der Waals surface area contributed by atoms with Crippen LogP contribution in [0.4, 0.5) is 0 Å². The Labute approximate surface area is 158 Å². The van der Waals surface area contributed by atoms with Crippen molar-refractivity contribution < 1.29 is 19.5 Å². The van der Waals surface area contributed by atoms with Gasteiger partial charge in [0.05, 0.1) is 0 Å². The molecule has 1 saturated heterocycles. The van der Waals surface area contributed by atoms with Crippen molar-refractivity contribution in [3.63, 3.8) is 0 Å². The first-order chi connectivity index (χ1) is 12.5. The summed E-state index contributed by atoms with van der Waals surface area (Å²) in [5.74, 6) is -0.620. The zero-order valence-electron chi connectivity index (χ0n) is 14.7. The summed E-state index contributed by atoms with van der Waals surface area (Å²) in [6.07, 6.45) is 3.64. The maximum absolute atomic E-state index is 12.3. The van der Waals surface area contributed by atoms with Crippen LogP contribution in [0.25, 0.3) is 0 Å². The lowest BCUT2D eigenvalue weighted by Gasteiger charge is -2.32. The molecule has 1 fully saturated rings. The first-order valence-electron chi connectivity index (χ1n) is 8.99. The van der Waals surface area contributed by atoms with Crippen LogP contribution in [-0.2, 0) is 9.59 Å². The molecule has 2 amide bonds. The Morgan fingerprint density at radius 2 is 1.92 bits per heavy atom. The van der Waals surface area contributed by atoms with Gasteiger partial charge in [0.2, 0.25) is 5.91 Å². The Hall–Kier alpha value is -2.08. The smallest absolute Gasteiger partial charge is 0.303 e. The van der Waals surface area contributed by atoms with Crippen molar-refractivity contribution >= 4 is 29.4 Å². The molecule has 1 aliphatic heterocycles. The van der Waals surface area contributed by atoms with Crippen molar-refractivity contribution in [3.05, 3.63) is 34.9 Å². The minimum Gasteiger partial charge on any atom is -0.481 e. The van der Waals surface area contributed by atoms with Crippen LogP contribution in [0, 0.1) is 5.92 Å². The van der Waals surface area contributed by atoms with E-state index in [4.69, 9.17) is 16.7 Å². The lowest BCUT2D eigenvalue weighted by atomic mass is 9.93. The van der Waals surface area contributed by atoms with Crippen LogP contribution in [0.5, 0.6) is 0 Å². The zero-order chi connectivity index (χ0) is 18.9. The second-order valence-electron chi connectivity index (χ2n) is 6.65. The summed E-state index contributed by atoms with van der Waals surface area (Å²) in [7, 11) is 0. The highest BCUT2D eigenvalue weighted by Gasteiger charge is 2.23. The third kappa shape index (κ3) is 6.67. The van der Waals surface area contributed by atoms with Gasteiger partial charge in [-0.15, -0.1) is 0 Å². The Bertz CT molecular complexity index is 633. The molecule has 7 heteroatoms. The Balaban J connectivity index is 1.67. The number of piperidine rings is 1. The van der Waals surface area contributed by atoms with E-state index in [-0.39, 0.29) is 24.2 Å². The largest absolute Gasteiger partial charge is 0.481 e. The number of hydrogen-bond donors (Lipinski definition) is 2. The third-order valence-corrected chi connectivity index (χ3v) is 4.85. The number of halogens is 1. The molecule has 2 N–H and O–H groups in total. The maximum atomic E-state index is 12.3. The highest BCUT2D eigenvalue weighted by molar-refractivity contribution is 6.30. The molecule has 1 atom stereocenters. The fourth-order valence-electron chi connectivity index (χ4n) is 3.16. The fraction of sp³-hybridized carbons (Fsp3) is 0.526. The van der Waals surface area contributed by atoms with Gasteiger partial charge in [-0.3, -0.25) is 14.4 Å². The minimum atomic E-state index is -0.787. The first-order valence-corrected chi connectivity index (χ1v) is 9.37. The summed E-state index contributed by atoms with van der Waals surface area (Å²) in [5.41, 5.74) is 0.540. The van der Waals surface area contributed by atoms with Gasteiger partial charge in [0.25, 0.3) is 5.91 Å². The number of aliphatic carboxylic acids is 1. The fourth-order valence-corrected chi connectivity index (χ4v) is 3.28. The van der Waals surface area contributed by atoms with Gasteiger partial charge >= 0.3 is 5.97 Å². The molecule has 6 nitrogen and oxygen atoms in total. The maximum Gasteiger partial charge on any atom is 0.303 e. The van der Waals surface area contributed by atoms with Crippen LogP contribution < -0.4 is 5.32 Å². The molecule has 1 heterocycles. The molecular formula is C19H25ClN2O4. The van der Waals surface area contributed by atoms with Gasteiger partial charge in [0.15, 0.2) is 0 Å². The molecule has 1 aromatic rings. The van der Waals surface area contributed by atoms with Crippen LogP contribution >= 0.6 is 11.6 Å². The van der Waals surface area contributed by atoms with Gasteiger partial charge in [-0.2, -0.15) is 0 Å². The van der Waals surface area contributed by atoms with E-state index >= 15 is 0 Å². The van der Waals surface area contributed by atoms with Crippen LogP contribution in [0.1, 0.15) is 48.9 Å². The number of benzene rings is 1. The summed E-state index contributed by atoms with van der Waals surface area (Å²) < 4.78 is 0. The Kier molecular flexibility index (Phi) is 7.91. The van der Waals surface area contributed by atoms with E-state index < -0.39 is 5.97 Å². The monoisotopic (exact) mass is 380 g/mol. The van der Waals surface area contributed by atoms with Crippen molar-refractivity contribution in [1.82, 2.24) is 10.2 Å². The lowest BCUT2D eigenvalue weighted by molar-refractivity contribution is -0.137. The standard InChI is InChI=1S/C19H25ClN2O4/c20-16-8-6-15(7-9-16)19(26)21-11-1-4-17(23)22-12-2-3-14(13-22)5-10-18(24)25/h6-9,14H,1-5,10-13H2,(H,21,26)(H,24,25). The van der Waals surface area contributed by atoms with E-state index in [0.717, 1.165) is 19.4 Å². The van der Waals surface area contributed by atoms with Crippen molar-refractivity contribution in [2.24, 2.45) is 5.92 Å². The van der Waals surface area contributed by atoms with Crippen molar-refractivity contribution in [2.75, 3.05) is 19.6 Å². The number of hydrogen-bond acceptors (Lipinski definition) is 3. The molecule has 0 aromatic heterocycles. The average Bonchev–Trinajstić information content (AvgIpc) is 2.64. The molecule has 142 valence electrons. The summed E-state index contributed by atoms with van der Waals surface area (Å²) in [6, 6.07) is 6.65. The van der Waals surface area contributed by atoms with Crippen LogP contribution in [-0.4, -0.2) is 47.4 Å². The van der Waals surface area contributed by atoms with Gasteiger partial charge < -0.3 is 15.3 Å². The Morgan fingerprint density at radius 3 is 2.62 bits per heavy atom. The second-order valence-corrected chi connectivity index (χ2v) is 7.08. The number of amides is 2. The summed E-state index contributed by atoms with van der Waals surface area (Å²) >= 11 is 5.79. The van der Waals surface area contributed by atoms with Crippen LogP contribution in [0.2, 0.25) is 5.02 Å². The normalized spacial score (nSPS) is 17.0. The predicted molar refractivity (Wildman–Crippen MR) is 99.2 cm³/mol. The van der Waals surface area contributed by atoms with E-state index in [2.05, 4.69) is 5.32 Å². The number of rotatable bonds is 8. The second kappa shape index (κ2) is 10.2. The number of nitrogens with one attached hydrogen (secondary N) is 1. The summed E-state index contributed by atoms with van der Waals surface area (Å²) in [4.78, 5) is 36.8. The number of likely N-dealkylation sites (tertiary alicyclic amines) is 1. The van der Waals surface area contributed by atoms with Crippen molar-refractivity contribution in [1.29, 1.82) is 0 Å². The molecule has 0 spiro atoms. The van der Waals surface area contributed by atoms with E-state index in [1.807, 2.05) is 4.90 Å². The highest BCUT2D eigenvalue weighted by Crippen LogP contribution is 2.21. The lowest BCUT2D eigenvalue weighted by Crippen LogP contribution is -2.40. The number of carboxylic acid groups (broad SMARTS) is 1. The molecule has 0 radical (unpaired) electrons. The molecular weight excluding hydrogens is 356 g/mol. The summed E-state index contributed by atoms with van der Waals surface area (Å²) in [5, 5.41) is 12.2. The van der Waals surface area contributed by atoms with Gasteiger partial charge in [0.1, 0.15) is 0 Å². The van der Waals surface area contributed by atoms with Gasteiger partial charge in [0, 0.05) is 43.1 Å². The SMILES string of the molecule is O=C(O)CCC1CCCN(C(=O)CCCNC(=O)c2ccc(Cl)cc2)C1. The third-order valence-electron chi connectivity index (χ3n) is 4.60. The van der Waals surface area contributed by atoms with Crippen molar-refractivity contribution in [3.8, 4) is 0 Å². The quantitative estimate of drug-likeness (QED) is 0.679. The zero-order valence-corrected chi connectivity index (χ0v) is 15.5. The highest BCUT2D eigenvalue weighted by atomic mass is 35.5. The number of carbonyl (C=O) groups is 3. The Morgan fingerprint density at radius 1 is 1.19 bits per heavy atom. The van der Waals surface area contributed by atoms with Crippen molar-refractivity contribution in [2.45, 2.75) is 38.5 Å². The van der Waals surface area contributed by atoms with Gasteiger partial charge in [-0.05, 0) is 55.9 Å². The average molecular weight is 381 g/mol. The molecule has 1 unspecified atom stereocenters.